The quantitative estimate of drug-likeness (QED) is 0.699. The highest BCUT2D eigenvalue weighted by atomic mass is 32.2. The summed E-state index contributed by atoms with van der Waals surface area (Å²) in [5.41, 5.74) is 0.830. The van der Waals surface area contributed by atoms with Gasteiger partial charge < -0.3 is 5.11 Å². The lowest BCUT2D eigenvalue weighted by Gasteiger charge is -2.56. The Hall–Kier alpha value is -1.10. The number of hydrogen-bond acceptors (Lipinski definition) is 4. The summed E-state index contributed by atoms with van der Waals surface area (Å²) >= 11 is 0.839. The minimum absolute atomic E-state index is 0.0249. The zero-order valence-corrected chi connectivity index (χ0v) is 17.2. The Morgan fingerprint density at radius 2 is 2.07 bits per heavy atom. The number of allylic oxidation sites excluding steroid dienone is 3. The molecule has 1 N–H and O–H groups in total. The highest BCUT2D eigenvalue weighted by molar-refractivity contribution is 8.13. The van der Waals surface area contributed by atoms with Crippen LogP contribution in [0, 0.1) is 40.4 Å². The third-order valence-electron chi connectivity index (χ3n) is 8.43. The molecule has 3 fully saturated rings. The predicted molar refractivity (Wildman–Crippen MR) is 105 cm³/mol. The summed E-state index contributed by atoms with van der Waals surface area (Å²) in [4.78, 5) is 24.6. The lowest BCUT2D eigenvalue weighted by atomic mass is 9.48. The molecule has 0 bridgehead atoms. The molecule has 0 spiro atoms. The highest BCUT2D eigenvalue weighted by Crippen LogP contribution is 2.67. The molecule has 0 aromatic rings. The van der Waals surface area contributed by atoms with Gasteiger partial charge in [0.1, 0.15) is 6.01 Å². The average Bonchev–Trinajstić information content (AvgIpc) is 2.87. The van der Waals surface area contributed by atoms with E-state index in [1.165, 1.54) is 0 Å². The molecule has 0 saturated heterocycles. The van der Waals surface area contributed by atoms with Crippen LogP contribution in [0.3, 0.4) is 0 Å². The van der Waals surface area contributed by atoms with Crippen molar-refractivity contribution >= 4 is 22.7 Å². The first-order chi connectivity index (χ1) is 12.7. The van der Waals surface area contributed by atoms with Crippen LogP contribution in [-0.2, 0) is 9.59 Å². The molecule has 4 aliphatic carbocycles. The van der Waals surface area contributed by atoms with Gasteiger partial charge in [-0.05, 0) is 73.3 Å². The Bertz CT molecular complexity index is 744. The van der Waals surface area contributed by atoms with Gasteiger partial charge in [0.15, 0.2) is 10.9 Å². The third-order valence-corrected chi connectivity index (χ3v) is 9.08. The molecule has 3 saturated carbocycles. The van der Waals surface area contributed by atoms with Gasteiger partial charge in [-0.2, -0.15) is 0 Å². The van der Waals surface area contributed by atoms with Crippen LogP contribution in [0.2, 0.25) is 0 Å². The van der Waals surface area contributed by atoms with Crippen LogP contribution in [0.1, 0.15) is 52.9 Å². The van der Waals surface area contributed by atoms with Gasteiger partial charge in [-0.15, -0.1) is 0 Å². The summed E-state index contributed by atoms with van der Waals surface area (Å²) in [6.45, 7) is 6.58. The SMILES string of the molecule is C[C@@H]1C[C@H]2[C@@H]3CCC4=CC(=O)C(O)=C[C@]4(C)[C@H]3CC[C@]2(C)C1C(=O)SCF. The van der Waals surface area contributed by atoms with Gasteiger partial charge in [-0.25, -0.2) is 4.39 Å². The number of hydrogen-bond donors (Lipinski definition) is 1. The highest BCUT2D eigenvalue weighted by Gasteiger charge is 2.61. The topological polar surface area (TPSA) is 54.4 Å². The monoisotopic (exact) mass is 392 g/mol. The van der Waals surface area contributed by atoms with Crippen molar-refractivity contribution in [2.45, 2.75) is 52.9 Å². The molecule has 0 amide bonds. The average molecular weight is 393 g/mol. The number of alkyl halides is 1. The molecule has 0 heterocycles. The fourth-order valence-corrected chi connectivity index (χ4v) is 8.08. The van der Waals surface area contributed by atoms with E-state index < -0.39 is 6.01 Å². The van der Waals surface area contributed by atoms with Crippen molar-refractivity contribution in [2.24, 2.45) is 40.4 Å². The summed E-state index contributed by atoms with van der Waals surface area (Å²) in [5.74, 6) is 1.15. The number of ketones is 1. The summed E-state index contributed by atoms with van der Waals surface area (Å²) < 4.78 is 12.8. The zero-order valence-electron chi connectivity index (χ0n) is 16.3. The smallest absolute Gasteiger partial charge is 0.219 e. The molecule has 3 nitrogen and oxygen atoms in total. The summed E-state index contributed by atoms with van der Waals surface area (Å²) in [5, 5.41) is 10.1. The Kier molecular flexibility index (Phi) is 4.60. The maximum absolute atomic E-state index is 12.8. The fraction of sp³-hybridized carbons (Fsp3) is 0.727. The van der Waals surface area contributed by atoms with Crippen LogP contribution < -0.4 is 0 Å². The van der Waals surface area contributed by atoms with E-state index in [0.29, 0.717) is 17.8 Å². The molecule has 0 aromatic carbocycles. The number of carbonyl (C=O) groups is 2. The Morgan fingerprint density at radius 3 is 2.78 bits per heavy atom. The van der Waals surface area contributed by atoms with Crippen LogP contribution in [-0.4, -0.2) is 22.0 Å². The maximum atomic E-state index is 12.8. The normalized spacial score (nSPS) is 46.1. The molecule has 7 atom stereocenters. The third kappa shape index (κ3) is 2.67. The van der Waals surface area contributed by atoms with Gasteiger partial charge in [0.05, 0.1) is 0 Å². The number of fused-ring (bicyclic) bond motifs is 5. The summed E-state index contributed by atoms with van der Waals surface area (Å²) in [6.07, 6.45) is 8.33. The number of aliphatic hydroxyl groups is 1. The van der Waals surface area contributed by atoms with Crippen molar-refractivity contribution in [3.8, 4) is 0 Å². The molecule has 0 radical (unpaired) electrons. The minimum Gasteiger partial charge on any atom is -0.504 e. The molecule has 0 aliphatic heterocycles. The van der Waals surface area contributed by atoms with E-state index in [0.717, 1.165) is 49.4 Å². The standard InChI is InChI=1S/C22H29FO3S/c1-12-8-16-14-5-4-13-9-17(24)18(25)10-22(13,3)15(14)6-7-21(16,2)19(12)20(26)27-11-23/h9-10,12,14-16,19,25H,4-8,11H2,1-3H3/t12-,14-,15+,16+,19?,21+,22+/m1/s1. The van der Waals surface area contributed by atoms with E-state index in [1.54, 1.807) is 12.2 Å². The first-order valence-electron chi connectivity index (χ1n) is 10.1. The summed E-state index contributed by atoms with van der Waals surface area (Å²) in [6, 6.07) is -0.640. The van der Waals surface area contributed by atoms with Gasteiger partial charge in [-0.1, -0.05) is 38.1 Å². The molecule has 1 unspecified atom stereocenters. The number of rotatable bonds is 2. The molecule has 4 rings (SSSR count). The second kappa shape index (κ2) is 6.47. The molecule has 27 heavy (non-hydrogen) atoms. The lowest BCUT2D eigenvalue weighted by molar-refractivity contribution is -0.122. The molecular weight excluding hydrogens is 363 g/mol. The fourth-order valence-electron chi connectivity index (χ4n) is 7.29. The molecule has 5 heteroatoms. The van der Waals surface area contributed by atoms with Crippen LogP contribution in [0.25, 0.3) is 0 Å². The Balaban J connectivity index is 1.67. The van der Waals surface area contributed by atoms with Gasteiger partial charge >= 0.3 is 0 Å². The molecular formula is C22H29FO3S. The van der Waals surface area contributed by atoms with Crippen LogP contribution in [0.5, 0.6) is 0 Å². The van der Waals surface area contributed by atoms with Crippen molar-refractivity contribution in [3.05, 3.63) is 23.5 Å². The van der Waals surface area contributed by atoms with E-state index in [1.807, 2.05) is 0 Å². The van der Waals surface area contributed by atoms with Gasteiger partial charge in [-0.3, -0.25) is 9.59 Å². The van der Waals surface area contributed by atoms with Crippen molar-refractivity contribution in [3.63, 3.8) is 0 Å². The summed E-state index contributed by atoms with van der Waals surface area (Å²) in [7, 11) is 0. The van der Waals surface area contributed by atoms with Crippen molar-refractivity contribution in [1.82, 2.24) is 0 Å². The lowest BCUT2D eigenvalue weighted by Crippen LogP contribution is -2.50. The van der Waals surface area contributed by atoms with E-state index >= 15 is 0 Å². The number of thioether (sulfide) groups is 1. The molecule has 148 valence electrons. The molecule has 0 aromatic heterocycles. The van der Waals surface area contributed by atoms with E-state index in [2.05, 4.69) is 20.8 Å². The maximum Gasteiger partial charge on any atom is 0.219 e. The Morgan fingerprint density at radius 1 is 1.33 bits per heavy atom. The first-order valence-corrected chi connectivity index (χ1v) is 11.1. The second-order valence-corrected chi connectivity index (χ2v) is 10.5. The van der Waals surface area contributed by atoms with Crippen molar-refractivity contribution < 1.29 is 19.1 Å². The largest absolute Gasteiger partial charge is 0.504 e. The van der Waals surface area contributed by atoms with Crippen LogP contribution >= 0.6 is 11.8 Å². The minimum atomic E-state index is -0.640. The van der Waals surface area contributed by atoms with E-state index in [4.69, 9.17) is 0 Å². The second-order valence-electron chi connectivity index (χ2n) is 9.57. The van der Waals surface area contributed by atoms with Crippen molar-refractivity contribution in [1.29, 1.82) is 0 Å². The Labute approximate surface area is 164 Å². The number of carbonyl (C=O) groups excluding carboxylic acids is 2. The number of halogens is 1. The van der Waals surface area contributed by atoms with Crippen LogP contribution in [0.4, 0.5) is 4.39 Å². The zero-order chi connectivity index (χ0) is 19.6. The number of aliphatic hydroxyl groups excluding tert-OH is 1. The first kappa shape index (κ1) is 19.2. The van der Waals surface area contributed by atoms with Gasteiger partial charge in [0.2, 0.25) is 5.78 Å². The van der Waals surface area contributed by atoms with E-state index in [-0.39, 0.29) is 39.3 Å². The van der Waals surface area contributed by atoms with Gasteiger partial charge in [0.25, 0.3) is 0 Å². The van der Waals surface area contributed by atoms with Crippen LogP contribution in [0.15, 0.2) is 23.5 Å². The predicted octanol–water partition coefficient (Wildman–Crippen LogP) is 5.23. The van der Waals surface area contributed by atoms with E-state index in [9.17, 15) is 19.1 Å². The van der Waals surface area contributed by atoms with Crippen molar-refractivity contribution in [2.75, 3.05) is 6.01 Å². The molecule has 4 aliphatic rings. The van der Waals surface area contributed by atoms with Gasteiger partial charge in [0, 0.05) is 11.3 Å².